The third-order valence-electron chi connectivity index (χ3n) is 5.65. The van der Waals surface area contributed by atoms with Crippen LogP contribution in [0.3, 0.4) is 0 Å². The highest BCUT2D eigenvalue weighted by Gasteiger charge is 2.21. The molecule has 4 rings (SSSR count). The van der Waals surface area contributed by atoms with E-state index in [1.807, 2.05) is 19.1 Å². The Balaban J connectivity index is 1.60. The van der Waals surface area contributed by atoms with Gasteiger partial charge in [0.25, 0.3) is 0 Å². The number of hydrogen-bond donors (Lipinski definition) is 1. The number of likely N-dealkylation sites (N-methyl/N-ethyl adjacent to an activating group) is 1. The molecule has 0 aliphatic heterocycles. The van der Waals surface area contributed by atoms with Gasteiger partial charge in [-0.25, -0.2) is 0 Å². The molecule has 0 spiro atoms. The molecule has 0 saturated heterocycles. The molecule has 0 saturated carbocycles. The molecule has 0 amide bonds. The number of halogens is 2. The van der Waals surface area contributed by atoms with Gasteiger partial charge in [0, 0.05) is 41.2 Å². The van der Waals surface area contributed by atoms with Crippen LogP contribution in [0.5, 0.6) is 0 Å². The van der Waals surface area contributed by atoms with Gasteiger partial charge in [-0.3, -0.25) is 4.79 Å². The monoisotopic (exact) mass is 480 g/mol. The van der Waals surface area contributed by atoms with Crippen molar-refractivity contribution in [3.8, 4) is 11.1 Å². The van der Waals surface area contributed by atoms with Crippen molar-refractivity contribution in [2.24, 2.45) is 0 Å². The van der Waals surface area contributed by atoms with Crippen molar-refractivity contribution >= 4 is 40.0 Å². The molecule has 170 valence electrons. The molecule has 1 N–H and O–H groups in total. The molecule has 0 fully saturated rings. The lowest BCUT2D eigenvalue weighted by atomic mass is 10.0. The predicted octanol–water partition coefficient (Wildman–Crippen LogP) is 6.60. The number of ketones is 1. The summed E-state index contributed by atoms with van der Waals surface area (Å²) in [5.41, 5.74) is 5.20. The van der Waals surface area contributed by atoms with Gasteiger partial charge in [-0.15, -0.1) is 0 Å². The van der Waals surface area contributed by atoms with Crippen LogP contribution in [0.2, 0.25) is 10.0 Å². The van der Waals surface area contributed by atoms with Crippen molar-refractivity contribution < 1.29 is 9.21 Å². The lowest BCUT2D eigenvalue weighted by Crippen LogP contribution is -2.26. The first-order chi connectivity index (χ1) is 15.8. The maximum absolute atomic E-state index is 13.1. The van der Waals surface area contributed by atoms with Crippen LogP contribution in [-0.4, -0.2) is 37.9 Å². The normalized spacial score (nSPS) is 11.5. The van der Waals surface area contributed by atoms with E-state index in [0.717, 1.165) is 41.7 Å². The first-order valence-corrected chi connectivity index (χ1v) is 11.6. The summed E-state index contributed by atoms with van der Waals surface area (Å²) in [5.74, 6) is 0.0444. The second-order valence-corrected chi connectivity index (χ2v) is 9.24. The van der Waals surface area contributed by atoms with Crippen LogP contribution in [0, 0.1) is 6.92 Å². The van der Waals surface area contributed by atoms with Gasteiger partial charge in [0.15, 0.2) is 5.76 Å². The Morgan fingerprint density at radius 3 is 2.55 bits per heavy atom. The molecule has 0 unspecified atom stereocenters. The Morgan fingerprint density at radius 2 is 1.79 bits per heavy atom. The van der Waals surface area contributed by atoms with Gasteiger partial charge >= 0.3 is 0 Å². The largest absolute Gasteiger partial charge is 0.452 e. The van der Waals surface area contributed by atoms with E-state index in [-0.39, 0.29) is 5.78 Å². The number of carbonyl (C=O) groups excluding carboxylic acids is 1. The number of aryl methyl sites for hydroxylation is 1. The average Bonchev–Trinajstić information content (AvgIpc) is 3.12. The molecular weight excluding hydrogens is 455 g/mol. The van der Waals surface area contributed by atoms with Crippen LogP contribution in [0.15, 0.2) is 65.1 Å². The maximum atomic E-state index is 13.1. The quantitative estimate of drug-likeness (QED) is 0.228. The number of fused-ring (bicyclic) bond motifs is 1. The Hall–Kier alpha value is -2.63. The maximum Gasteiger partial charge on any atom is 0.229 e. The summed E-state index contributed by atoms with van der Waals surface area (Å²) in [6, 6.07) is 19.3. The standard InChI is InChI=1S/C27H26Cl2N2O2/c1-17-22-9-7-20(19-6-4-5-18(13-19)16-30-11-12-31(2)3)14-25(22)33-27(17)26(32)23-10-8-21(28)15-24(23)29/h4-10,13-15,30H,11-12,16H2,1-3H3. The topological polar surface area (TPSA) is 45.5 Å². The Bertz CT molecular complexity index is 1310. The van der Waals surface area contributed by atoms with E-state index in [0.29, 0.717) is 27.0 Å². The molecule has 0 atom stereocenters. The van der Waals surface area contributed by atoms with E-state index in [1.54, 1.807) is 18.2 Å². The summed E-state index contributed by atoms with van der Waals surface area (Å²) in [5, 5.41) is 5.18. The smallest absolute Gasteiger partial charge is 0.229 e. The van der Waals surface area contributed by atoms with E-state index in [9.17, 15) is 4.79 Å². The van der Waals surface area contributed by atoms with Crippen molar-refractivity contribution in [1.82, 2.24) is 10.2 Å². The minimum atomic E-state index is -0.252. The summed E-state index contributed by atoms with van der Waals surface area (Å²) >= 11 is 12.2. The molecule has 3 aromatic carbocycles. The zero-order chi connectivity index (χ0) is 23.5. The fraction of sp³-hybridized carbons (Fsp3) is 0.222. The number of hydrogen-bond acceptors (Lipinski definition) is 4. The van der Waals surface area contributed by atoms with E-state index < -0.39 is 0 Å². The Labute approximate surface area is 204 Å². The number of nitrogens with zero attached hydrogens (tertiary/aromatic N) is 1. The molecule has 0 aliphatic carbocycles. The SMILES string of the molecule is Cc1c(C(=O)c2ccc(Cl)cc2Cl)oc2cc(-c3cccc(CNCCN(C)C)c3)ccc12. The van der Waals surface area contributed by atoms with E-state index in [2.05, 4.69) is 54.6 Å². The summed E-state index contributed by atoms with van der Waals surface area (Å²) in [7, 11) is 4.13. The number of nitrogens with one attached hydrogen (secondary N) is 1. The Morgan fingerprint density at radius 1 is 1.00 bits per heavy atom. The first kappa shape index (κ1) is 23.5. The highest BCUT2D eigenvalue weighted by molar-refractivity contribution is 6.37. The van der Waals surface area contributed by atoms with Crippen LogP contribution in [0.4, 0.5) is 0 Å². The molecule has 0 aliphatic rings. The van der Waals surface area contributed by atoms with Crippen LogP contribution < -0.4 is 5.32 Å². The molecule has 1 heterocycles. The summed E-state index contributed by atoms with van der Waals surface area (Å²) < 4.78 is 6.04. The van der Waals surface area contributed by atoms with E-state index >= 15 is 0 Å². The lowest BCUT2D eigenvalue weighted by Gasteiger charge is -2.11. The fourth-order valence-corrected chi connectivity index (χ4v) is 4.31. The lowest BCUT2D eigenvalue weighted by molar-refractivity contribution is 0.101. The first-order valence-electron chi connectivity index (χ1n) is 10.8. The zero-order valence-electron chi connectivity index (χ0n) is 18.9. The molecule has 1 aromatic heterocycles. The van der Waals surface area contributed by atoms with E-state index in [1.165, 1.54) is 5.56 Å². The van der Waals surface area contributed by atoms with Crippen LogP contribution in [0.25, 0.3) is 22.1 Å². The van der Waals surface area contributed by atoms with Gasteiger partial charge in [0.05, 0.1) is 5.02 Å². The van der Waals surface area contributed by atoms with Crippen molar-refractivity contribution in [2.45, 2.75) is 13.5 Å². The Kier molecular flexibility index (Phi) is 7.20. The third-order valence-corrected chi connectivity index (χ3v) is 6.19. The van der Waals surface area contributed by atoms with Gasteiger partial charge in [-0.1, -0.05) is 53.5 Å². The number of benzene rings is 3. The van der Waals surface area contributed by atoms with Gasteiger partial charge in [-0.05, 0) is 68.0 Å². The van der Waals surface area contributed by atoms with Gasteiger partial charge < -0.3 is 14.6 Å². The van der Waals surface area contributed by atoms with Crippen molar-refractivity contribution in [2.75, 3.05) is 27.2 Å². The number of carbonyl (C=O) groups is 1. The number of rotatable bonds is 8. The van der Waals surface area contributed by atoms with Crippen LogP contribution in [0.1, 0.15) is 27.2 Å². The van der Waals surface area contributed by atoms with Gasteiger partial charge in [0.2, 0.25) is 5.78 Å². The predicted molar refractivity (Wildman–Crippen MR) is 137 cm³/mol. The molecule has 4 aromatic rings. The van der Waals surface area contributed by atoms with Crippen molar-refractivity contribution in [3.05, 3.63) is 93.2 Å². The van der Waals surface area contributed by atoms with Gasteiger partial charge in [0.1, 0.15) is 5.58 Å². The number of furan rings is 1. The van der Waals surface area contributed by atoms with Crippen molar-refractivity contribution in [3.63, 3.8) is 0 Å². The second-order valence-electron chi connectivity index (χ2n) is 8.40. The summed E-state index contributed by atoms with van der Waals surface area (Å²) in [6.07, 6.45) is 0. The fourth-order valence-electron chi connectivity index (χ4n) is 3.81. The van der Waals surface area contributed by atoms with Crippen LogP contribution >= 0.6 is 23.2 Å². The summed E-state index contributed by atoms with van der Waals surface area (Å²) in [6.45, 7) is 4.63. The third kappa shape index (κ3) is 5.31. The average molecular weight is 481 g/mol. The minimum Gasteiger partial charge on any atom is -0.452 e. The second kappa shape index (κ2) is 10.1. The molecule has 0 radical (unpaired) electrons. The van der Waals surface area contributed by atoms with Crippen molar-refractivity contribution in [1.29, 1.82) is 0 Å². The minimum absolute atomic E-state index is 0.252. The summed E-state index contributed by atoms with van der Waals surface area (Å²) in [4.78, 5) is 15.3. The molecule has 4 nitrogen and oxygen atoms in total. The van der Waals surface area contributed by atoms with Gasteiger partial charge in [-0.2, -0.15) is 0 Å². The molecule has 0 bridgehead atoms. The molecule has 6 heteroatoms. The molecule has 33 heavy (non-hydrogen) atoms. The highest BCUT2D eigenvalue weighted by Crippen LogP contribution is 2.33. The highest BCUT2D eigenvalue weighted by atomic mass is 35.5. The van der Waals surface area contributed by atoms with E-state index in [4.69, 9.17) is 27.6 Å². The zero-order valence-corrected chi connectivity index (χ0v) is 20.4. The molecular formula is C27H26Cl2N2O2. The van der Waals surface area contributed by atoms with Crippen LogP contribution in [-0.2, 0) is 6.54 Å².